The molecule has 1 aliphatic heterocycles. The van der Waals surface area contributed by atoms with Crippen LogP contribution in [-0.2, 0) is 27.2 Å². The first-order chi connectivity index (χ1) is 18.8. The number of pyridine rings is 1. The minimum atomic E-state index is -0.757. The smallest absolute Gasteiger partial charge is 0.338 e. The molecule has 2 aromatic carbocycles. The van der Waals surface area contributed by atoms with Gasteiger partial charge in [-0.05, 0) is 85.8 Å². The number of amides is 2. The highest BCUT2D eigenvalue weighted by atomic mass is 32.2. The third-order valence-corrected chi connectivity index (χ3v) is 7.79. The lowest BCUT2D eigenvalue weighted by molar-refractivity contribution is -0.121. The van der Waals surface area contributed by atoms with E-state index in [2.05, 4.69) is 11.1 Å². The van der Waals surface area contributed by atoms with Crippen LogP contribution in [0.4, 0.5) is 10.1 Å². The Morgan fingerprint density at radius 3 is 2.46 bits per heavy atom. The van der Waals surface area contributed by atoms with Crippen LogP contribution in [0.25, 0.3) is 0 Å². The third-order valence-electron chi connectivity index (χ3n) is 6.61. The lowest BCUT2D eigenvalue weighted by Gasteiger charge is -2.18. The van der Waals surface area contributed by atoms with Crippen LogP contribution in [0.5, 0.6) is 0 Å². The minimum absolute atomic E-state index is 0.0393. The molecule has 39 heavy (non-hydrogen) atoms. The van der Waals surface area contributed by atoms with Gasteiger partial charge in [0.2, 0.25) is 11.8 Å². The van der Waals surface area contributed by atoms with Crippen molar-refractivity contribution in [2.45, 2.75) is 42.4 Å². The average molecular weight is 544 g/mol. The minimum Gasteiger partial charge on any atom is -0.454 e. The molecule has 1 unspecified atom stereocenters. The first kappa shape index (κ1) is 26.3. The van der Waals surface area contributed by atoms with Gasteiger partial charge in [-0.15, -0.1) is 0 Å². The van der Waals surface area contributed by atoms with E-state index in [1.807, 2.05) is 6.07 Å². The van der Waals surface area contributed by atoms with Crippen molar-refractivity contribution in [1.29, 1.82) is 5.26 Å². The number of carbonyl (C=O) groups excluding carboxylic acids is 4. The maximum atomic E-state index is 13.2. The van der Waals surface area contributed by atoms with Gasteiger partial charge in [-0.1, -0.05) is 11.8 Å². The Kier molecular flexibility index (Phi) is 7.52. The summed E-state index contributed by atoms with van der Waals surface area (Å²) < 4.78 is 18.1. The number of Topliss-reactive ketones (excluding diaryl/α,β-unsaturated/α-hetero) is 1. The van der Waals surface area contributed by atoms with Crippen molar-refractivity contribution in [3.8, 4) is 6.07 Å². The number of hydrogen-bond acceptors (Lipinski definition) is 8. The van der Waals surface area contributed by atoms with E-state index in [1.165, 1.54) is 36.4 Å². The zero-order chi connectivity index (χ0) is 27.5. The largest absolute Gasteiger partial charge is 0.454 e. The van der Waals surface area contributed by atoms with Crippen molar-refractivity contribution in [1.82, 2.24) is 4.98 Å². The number of imide groups is 1. The zero-order valence-corrected chi connectivity index (χ0v) is 21.5. The number of ether oxygens (including phenoxy) is 1. The normalized spacial score (nSPS) is 16.5. The Balaban J connectivity index is 1.24. The standard InChI is InChI=1S/C29H22FN3O5S/c30-21-9-5-17(6-10-21)24(34)16-38-29(37)18-7-11-22(12-8-18)33-26(35)14-25(28(33)36)39-27-20(15-31)13-19-3-1-2-4-23(19)32-27/h5-13,25H,1-4,14,16H2. The van der Waals surface area contributed by atoms with E-state index >= 15 is 0 Å². The van der Waals surface area contributed by atoms with Crippen LogP contribution < -0.4 is 4.90 Å². The lowest BCUT2D eigenvalue weighted by atomic mass is 9.95. The van der Waals surface area contributed by atoms with Gasteiger partial charge in [0.15, 0.2) is 12.4 Å². The summed E-state index contributed by atoms with van der Waals surface area (Å²) in [5, 5.41) is 9.35. The molecule has 1 atom stereocenters. The molecule has 1 saturated heterocycles. The van der Waals surface area contributed by atoms with E-state index in [4.69, 9.17) is 4.74 Å². The first-order valence-corrected chi connectivity index (χ1v) is 13.2. The van der Waals surface area contributed by atoms with Crippen LogP contribution in [0, 0.1) is 17.1 Å². The Morgan fingerprint density at radius 2 is 1.74 bits per heavy atom. The predicted molar refractivity (Wildman–Crippen MR) is 140 cm³/mol. The van der Waals surface area contributed by atoms with Gasteiger partial charge in [-0.25, -0.2) is 19.1 Å². The van der Waals surface area contributed by atoms with E-state index < -0.39 is 41.2 Å². The van der Waals surface area contributed by atoms with Crippen molar-refractivity contribution in [2.24, 2.45) is 0 Å². The summed E-state index contributed by atoms with van der Waals surface area (Å²) in [5.74, 6) is -2.54. The number of aryl methyl sites for hydroxylation is 2. The summed E-state index contributed by atoms with van der Waals surface area (Å²) >= 11 is 1.13. The predicted octanol–water partition coefficient (Wildman–Crippen LogP) is 4.44. The third kappa shape index (κ3) is 5.59. The van der Waals surface area contributed by atoms with E-state index in [-0.39, 0.29) is 17.5 Å². The first-order valence-electron chi connectivity index (χ1n) is 12.4. The van der Waals surface area contributed by atoms with Gasteiger partial charge in [-0.3, -0.25) is 14.4 Å². The molecule has 10 heteroatoms. The lowest BCUT2D eigenvalue weighted by Crippen LogP contribution is -2.31. The number of aromatic nitrogens is 1. The van der Waals surface area contributed by atoms with E-state index in [1.54, 1.807) is 0 Å². The fourth-order valence-corrected chi connectivity index (χ4v) is 5.66. The topological polar surface area (TPSA) is 117 Å². The van der Waals surface area contributed by atoms with Gasteiger partial charge in [0.05, 0.1) is 22.1 Å². The van der Waals surface area contributed by atoms with Crippen molar-refractivity contribution in [3.05, 3.63) is 88.4 Å². The van der Waals surface area contributed by atoms with E-state index in [0.29, 0.717) is 16.3 Å². The number of rotatable bonds is 7. The van der Waals surface area contributed by atoms with Crippen LogP contribution in [0.2, 0.25) is 0 Å². The van der Waals surface area contributed by atoms with Gasteiger partial charge < -0.3 is 4.74 Å². The number of halogens is 1. The second kappa shape index (κ2) is 11.2. The fraction of sp³-hybridized carbons (Fsp3) is 0.241. The van der Waals surface area contributed by atoms with Crippen molar-refractivity contribution in [3.63, 3.8) is 0 Å². The second-order valence-corrected chi connectivity index (χ2v) is 10.4. The number of ketones is 1. The SMILES string of the molecule is N#Cc1cc2c(nc1SC1CC(=O)N(c3ccc(C(=O)OCC(=O)c4ccc(F)cc4)cc3)C1=O)CCCC2. The van der Waals surface area contributed by atoms with Crippen LogP contribution in [-0.4, -0.2) is 40.4 Å². The van der Waals surface area contributed by atoms with Gasteiger partial charge >= 0.3 is 5.97 Å². The Hall–Kier alpha value is -4.36. The number of fused-ring (bicyclic) bond motifs is 1. The van der Waals surface area contributed by atoms with Crippen LogP contribution in [0.15, 0.2) is 59.6 Å². The molecule has 0 saturated carbocycles. The molecule has 8 nitrogen and oxygen atoms in total. The number of esters is 1. The molecular weight excluding hydrogens is 521 g/mol. The summed E-state index contributed by atoms with van der Waals surface area (Å²) in [4.78, 5) is 56.2. The Bertz CT molecular complexity index is 1520. The quantitative estimate of drug-likeness (QED) is 0.244. The number of thioether (sulfide) groups is 1. The maximum Gasteiger partial charge on any atom is 0.338 e. The molecule has 2 aliphatic rings. The van der Waals surface area contributed by atoms with Gasteiger partial charge in [-0.2, -0.15) is 5.26 Å². The number of anilines is 1. The molecule has 2 heterocycles. The molecule has 0 bridgehead atoms. The van der Waals surface area contributed by atoms with Crippen LogP contribution >= 0.6 is 11.8 Å². The van der Waals surface area contributed by atoms with Gasteiger partial charge in [0.1, 0.15) is 16.9 Å². The monoisotopic (exact) mass is 543 g/mol. The highest BCUT2D eigenvalue weighted by Gasteiger charge is 2.41. The number of nitrogens with zero attached hydrogens (tertiary/aromatic N) is 3. The Morgan fingerprint density at radius 1 is 1.05 bits per heavy atom. The molecule has 196 valence electrons. The summed E-state index contributed by atoms with van der Waals surface area (Å²) in [6.07, 6.45) is 3.75. The highest BCUT2D eigenvalue weighted by molar-refractivity contribution is 8.00. The molecule has 2 amide bonds. The second-order valence-electron chi connectivity index (χ2n) is 9.20. The summed E-state index contributed by atoms with van der Waals surface area (Å²) in [5.41, 5.74) is 3.05. The molecule has 0 spiro atoms. The molecule has 0 radical (unpaired) electrons. The number of benzene rings is 2. The highest BCUT2D eigenvalue weighted by Crippen LogP contribution is 2.36. The maximum absolute atomic E-state index is 13.2. The summed E-state index contributed by atoms with van der Waals surface area (Å²) in [6, 6.07) is 14.6. The van der Waals surface area contributed by atoms with Crippen LogP contribution in [0.3, 0.4) is 0 Å². The van der Waals surface area contributed by atoms with Crippen molar-refractivity contribution >= 4 is 41.0 Å². The molecular formula is C29H22FN3O5S. The number of hydrogen-bond donors (Lipinski definition) is 0. The number of carbonyl (C=O) groups is 4. The van der Waals surface area contributed by atoms with Gasteiger partial charge in [0.25, 0.3) is 0 Å². The number of nitriles is 1. The van der Waals surface area contributed by atoms with E-state index in [0.717, 1.165) is 65.7 Å². The molecule has 1 fully saturated rings. The molecule has 1 aliphatic carbocycles. The summed E-state index contributed by atoms with van der Waals surface area (Å²) in [6.45, 7) is -0.518. The summed E-state index contributed by atoms with van der Waals surface area (Å²) in [7, 11) is 0. The fourth-order valence-electron chi connectivity index (χ4n) is 4.57. The molecule has 0 N–H and O–H groups in total. The molecule has 3 aromatic rings. The average Bonchev–Trinajstić information content (AvgIpc) is 3.23. The van der Waals surface area contributed by atoms with Crippen LogP contribution in [0.1, 0.15) is 56.8 Å². The molecule has 1 aromatic heterocycles. The Labute approximate surface area is 227 Å². The van der Waals surface area contributed by atoms with Crippen molar-refractivity contribution < 1.29 is 28.3 Å². The van der Waals surface area contributed by atoms with E-state index in [9.17, 15) is 28.8 Å². The molecule has 5 rings (SSSR count). The van der Waals surface area contributed by atoms with Gasteiger partial charge in [0, 0.05) is 17.7 Å². The zero-order valence-electron chi connectivity index (χ0n) is 20.7. The van der Waals surface area contributed by atoms with Crippen molar-refractivity contribution in [2.75, 3.05) is 11.5 Å².